The van der Waals surface area contributed by atoms with Gasteiger partial charge >= 0.3 is 0 Å². The second kappa shape index (κ2) is 5.50. The SMILES string of the molecule is C[C@H]1CN(Cc2ccc(Br)cc2Cl)CCN1. The first-order valence-corrected chi connectivity index (χ1v) is 6.72. The van der Waals surface area contributed by atoms with E-state index in [1.54, 1.807) is 0 Å². The minimum Gasteiger partial charge on any atom is -0.312 e. The summed E-state index contributed by atoms with van der Waals surface area (Å²) in [6.07, 6.45) is 0. The highest BCUT2D eigenvalue weighted by molar-refractivity contribution is 9.10. The van der Waals surface area contributed by atoms with Crippen molar-refractivity contribution in [3.8, 4) is 0 Å². The fourth-order valence-corrected chi connectivity index (χ4v) is 2.78. The zero-order valence-corrected chi connectivity index (χ0v) is 11.7. The van der Waals surface area contributed by atoms with Crippen LogP contribution in [0.1, 0.15) is 12.5 Å². The molecular formula is C12H16BrClN2. The van der Waals surface area contributed by atoms with Crippen LogP contribution < -0.4 is 5.32 Å². The minimum absolute atomic E-state index is 0.572. The van der Waals surface area contributed by atoms with Crippen molar-refractivity contribution < 1.29 is 0 Å². The van der Waals surface area contributed by atoms with Crippen LogP contribution in [-0.2, 0) is 6.54 Å². The van der Waals surface area contributed by atoms with E-state index in [9.17, 15) is 0 Å². The van der Waals surface area contributed by atoms with Crippen LogP contribution in [0.3, 0.4) is 0 Å². The standard InChI is InChI=1S/C12H16BrClN2/c1-9-7-16(5-4-15-9)8-10-2-3-11(13)6-12(10)14/h2-3,6,9,15H,4-5,7-8H2,1H3/t9-/m0/s1. The molecule has 0 amide bonds. The molecule has 0 aliphatic carbocycles. The molecule has 2 rings (SSSR count). The lowest BCUT2D eigenvalue weighted by Crippen LogP contribution is -2.48. The molecule has 1 aromatic rings. The van der Waals surface area contributed by atoms with E-state index >= 15 is 0 Å². The number of nitrogens with one attached hydrogen (secondary N) is 1. The van der Waals surface area contributed by atoms with Gasteiger partial charge in [-0.25, -0.2) is 0 Å². The fraction of sp³-hybridized carbons (Fsp3) is 0.500. The minimum atomic E-state index is 0.572. The van der Waals surface area contributed by atoms with Crippen molar-refractivity contribution in [2.24, 2.45) is 0 Å². The predicted octanol–water partition coefficient (Wildman–Crippen LogP) is 2.90. The molecule has 0 bridgehead atoms. The van der Waals surface area contributed by atoms with Gasteiger partial charge in [0.1, 0.15) is 0 Å². The van der Waals surface area contributed by atoms with Gasteiger partial charge in [0.15, 0.2) is 0 Å². The molecule has 0 spiro atoms. The van der Waals surface area contributed by atoms with Crippen LogP contribution in [0.25, 0.3) is 0 Å². The maximum absolute atomic E-state index is 6.21. The zero-order valence-electron chi connectivity index (χ0n) is 9.34. The molecule has 1 saturated heterocycles. The lowest BCUT2D eigenvalue weighted by molar-refractivity contribution is 0.199. The Labute approximate surface area is 110 Å². The Bertz CT molecular complexity index is 370. The highest BCUT2D eigenvalue weighted by Gasteiger charge is 2.16. The number of piperazine rings is 1. The van der Waals surface area contributed by atoms with Crippen molar-refractivity contribution in [1.29, 1.82) is 0 Å². The molecule has 1 fully saturated rings. The van der Waals surface area contributed by atoms with Crippen molar-refractivity contribution >= 4 is 27.5 Å². The lowest BCUT2D eigenvalue weighted by Gasteiger charge is -2.32. The molecule has 1 atom stereocenters. The largest absolute Gasteiger partial charge is 0.312 e. The molecule has 0 unspecified atom stereocenters. The van der Waals surface area contributed by atoms with Gasteiger partial charge in [-0.2, -0.15) is 0 Å². The summed E-state index contributed by atoms with van der Waals surface area (Å²) < 4.78 is 1.04. The van der Waals surface area contributed by atoms with Crippen molar-refractivity contribution in [3.63, 3.8) is 0 Å². The summed E-state index contributed by atoms with van der Waals surface area (Å²) in [7, 11) is 0. The topological polar surface area (TPSA) is 15.3 Å². The third-order valence-electron chi connectivity index (χ3n) is 2.86. The molecule has 4 heteroatoms. The van der Waals surface area contributed by atoms with Gasteiger partial charge in [-0.15, -0.1) is 0 Å². The Morgan fingerprint density at radius 1 is 1.56 bits per heavy atom. The quantitative estimate of drug-likeness (QED) is 0.904. The van der Waals surface area contributed by atoms with E-state index in [2.05, 4.69) is 39.1 Å². The summed E-state index contributed by atoms with van der Waals surface area (Å²) in [5.74, 6) is 0. The molecule has 2 nitrogen and oxygen atoms in total. The average molecular weight is 304 g/mol. The van der Waals surface area contributed by atoms with Gasteiger partial charge in [0.2, 0.25) is 0 Å². The number of rotatable bonds is 2. The highest BCUT2D eigenvalue weighted by Crippen LogP contribution is 2.22. The first-order valence-electron chi connectivity index (χ1n) is 5.55. The molecule has 1 aliphatic rings. The third-order valence-corrected chi connectivity index (χ3v) is 3.71. The lowest BCUT2D eigenvalue weighted by atomic mass is 10.1. The van der Waals surface area contributed by atoms with Crippen LogP contribution in [-0.4, -0.2) is 30.6 Å². The van der Waals surface area contributed by atoms with Gasteiger partial charge in [-0.1, -0.05) is 33.6 Å². The van der Waals surface area contributed by atoms with E-state index in [0.29, 0.717) is 6.04 Å². The number of hydrogen-bond donors (Lipinski definition) is 1. The third kappa shape index (κ3) is 3.20. The Hall–Kier alpha value is -0.0900. The predicted molar refractivity (Wildman–Crippen MR) is 71.9 cm³/mol. The summed E-state index contributed by atoms with van der Waals surface area (Å²) in [6, 6.07) is 6.68. The van der Waals surface area contributed by atoms with Crippen LogP contribution >= 0.6 is 27.5 Å². The van der Waals surface area contributed by atoms with E-state index in [0.717, 1.165) is 35.7 Å². The van der Waals surface area contributed by atoms with Crippen LogP contribution in [0, 0.1) is 0 Å². The fourth-order valence-electron chi connectivity index (χ4n) is 2.05. The van der Waals surface area contributed by atoms with E-state index in [1.165, 1.54) is 5.56 Å². The summed E-state index contributed by atoms with van der Waals surface area (Å²) in [5, 5.41) is 4.29. The summed E-state index contributed by atoms with van der Waals surface area (Å²) in [4.78, 5) is 2.44. The molecule has 1 aromatic carbocycles. The maximum Gasteiger partial charge on any atom is 0.0462 e. The maximum atomic E-state index is 6.21. The number of hydrogen-bond acceptors (Lipinski definition) is 2. The monoisotopic (exact) mass is 302 g/mol. The Morgan fingerprint density at radius 2 is 2.38 bits per heavy atom. The zero-order chi connectivity index (χ0) is 11.5. The molecular weight excluding hydrogens is 288 g/mol. The number of nitrogens with zero attached hydrogens (tertiary/aromatic N) is 1. The van der Waals surface area contributed by atoms with Gasteiger partial charge in [0.05, 0.1) is 0 Å². The van der Waals surface area contributed by atoms with E-state index < -0.39 is 0 Å². The van der Waals surface area contributed by atoms with Crippen molar-refractivity contribution in [2.75, 3.05) is 19.6 Å². The Morgan fingerprint density at radius 3 is 3.06 bits per heavy atom. The summed E-state index contributed by atoms with van der Waals surface area (Å²) >= 11 is 9.64. The van der Waals surface area contributed by atoms with Crippen molar-refractivity contribution in [2.45, 2.75) is 19.5 Å². The van der Waals surface area contributed by atoms with E-state index in [1.807, 2.05) is 12.1 Å². The molecule has 16 heavy (non-hydrogen) atoms. The molecule has 0 aromatic heterocycles. The van der Waals surface area contributed by atoms with Crippen LogP contribution in [0.2, 0.25) is 5.02 Å². The smallest absolute Gasteiger partial charge is 0.0462 e. The second-order valence-electron chi connectivity index (χ2n) is 4.33. The molecule has 1 N–H and O–H groups in total. The van der Waals surface area contributed by atoms with Crippen molar-refractivity contribution in [1.82, 2.24) is 10.2 Å². The number of benzene rings is 1. The molecule has 1 aliphatic heterocycles. The molecule has 1 heterocycles. The second-order valence-corrected chi connectivity index (χ2v) is 5.65. The average Bonchev–Trinajstić information content (AvgIpc) is 2.22. The summed E-state index contributed by atoms with van der Waals surface area (Å²) in [5.41, 5.74) is 1.21. The highest BCUT2D eigenvalue weighted by atomic mass is 79.9. The van der Waals surface area contributed by atoms with Gasteiger partial charge in [0, 0.05) is 41.7 Å². The number of halogens is 2. The van der Waals surface area contributed by atoms with Gasteiger partial charge in [-0.05, 0) is 24.6 Å². The van der Waals surface area contributed by atoms with Gasteiger partial charge < -0.3 is 5.32 Å². The first-order chi connectivity index (χ1) is 7.65. The summed E-state index contributed by atoms with van der Waals surface area (Å²) in [6.45, 7) is 6.41. The van der Waals surface area contributed by atoms with E-state index in [4.69, 9.17) is 11.6 Å². The first kappa shape index (κ1) is 12.4. The van der Waals surface area contributed by atoms with Gasteiger partial charge in [-0.3, -0.25) is 4.90 Å². The molecule has 88 valence electrons. The van der Waals surface area contributed by atoms with Crippen molar-refractivity contribution in [3.05, 3.63) is 33.3 Å². The normalized spacial score (nSPS) is 22.3. The Balaban J connectivity index is 2.02. The van der Waals surface area contributed by atoms with Gasteiger partial charge in [0.25, 0.3) is 0 Å². The van der Waals surface area contributed by atoms with Crippen LogP contribution in [0.4, 0.5) is 0 Å². The van der Waals surface area contributed by atoms with Crippen LogP contribution in [0.15, 0.2) is 22.7 Å². The molecule has 0 radical (unpaired) electrons. The Kier molecular flexibility index (Phi) is 4.25. The molecule has 0 saturated carbocycles. The van der Waals surface area contributed by atoms with E-state index in [-0.39, 0.29) is 0 Å². The van der Waals surface area contributed by atoms with Crippen LogP contribution in [0.5, 0.6) is 0 Å².